The Morgan fingerprint density at radius 2 is 1.78 bits per heavy atom. The highest BCUT2D eigenvalue weighted by Crippen LogP contribution is 2.77. The summed E-state index contributed by atoms with van der Waals surface area (Å²) in [5, 5.41) is 0. The fraction of sp³-hybridized carbons (Fsp3) is 0.810. The fourth-order valence-corrected chi connectivity index (χ4v) is 8.04. The molecule has 0 spiro atoms. The summed E-state index contributed by atoms with van der Waals surface area (Å²) in [6.07, 6.45) is 8.66. The summed E-state index contributed by atoms with van der Waals surface area (Å²) in [4.78, 5) is 24.8. The van der Waals surface area contributed by atoms with Crippen LogP contribution in [0.25, 0.3) is 0 Å². The van der Waals surface area contributed by atoms with E-state index >= 15 is 0 Å². The van der Waals surface area contributed by atoms with E-state index in [-0.39, 0.29) is 10.8 Å². The summed E-state index contributed by atoms with van der Waals surface area (Å²) < 4.78 is 0. The first-order valence-electron chi connectivity index (χ1n) is 9.74. The van der Waals surface area contributed by atoms with Gasteiger partial charge in [-0.15, -0.1) is 0 Å². The van der Waals surface area contributed by atoms with Gasteiger partial charge in [0.05, 0.1) is 0 Å². The number of Topliss-reactive ketones (excluding diaryl/α,β-unsaturated/α-hetero) is 1. The maximum Gasteiger partial charge on any atom is 0.155 e. The summed E-state index contributed by atoms with van der Waals surface area (Å²) in [7, 11) is 0. The third-order valence-electron chi connectivity index (χ3n) is 9.21. The first kappa shape index (κ1) is 13.4. The molecule has 0 aromatic carbocycles. The first-order chi connectivity index (χ1) is 10.9. The van der Waals surface area contributed by atoms with Gasteiger partial charge in [0.2, 0.25) is 0 Å². The quantitative estimate of drug-likeness (QED) is 0.682. The molecule has 23 heavy (non-hydrogen) atoms. The molecule has 0 N–H and O–H groups in total. The average Bonchev–Trinajstić information content (AvgIpc) is 3.40. The molecule has 0 amide bonds. The standard InChI is InChI=1S/C21H26O2/c1-20-5-3-10(22)7-16(20)11-8-12(11)17-15(20)4-6-21(2)18(17)13-9-14(13)19(21)23/h7,11-15,17-18H,3-6,8-9H2,1-2H3/t11-,12+,13+,14-,15+,17-,18-,20-,21-/m0/s1. The van der Waals surface area contributed by atoms with Crippen LogP contribution in [0, 0.1) is 52.3 Å². The van der Waals surface area contributed by atoms with Crippen LogP contribution in [0.15, 0.2) is 11.6 Å². The van der Waals surface area contributed by atoms with Gasteiger partial charge in [-0.2, -0.15) is 0 Å². The molecule has 0 bridgehead atoms. The topological polar surface area (TPSA) is 34.1 Å². The summed E-state index contributed by atoms with van der Waals surface area (Å²) in [6, 6.07) is 0. The van der Waals surface area contributed by atoms with Crippen molar-refractivity contribution in [2.45, 2.75) is 52.4 Å². The fourth-order valence-electron chi connectivity index (χ4n) is 8.04. The predicted octanol–water partition coefficient (Wildman–Crippen LogP) is 3.80. The van der Waals surface area contributed by atoms with E-state index in [4.69, 9.17) is 0 Å². The smallest absolute Gasteiger partial charge is 0.155 e. The molecule has 5 saturated carbocycles. The minimum Gasteiger partial charge on any atom is -0.299 e. The molecule has 122 valence electrons. The zero-order valence-electron chi connectivity index (χ0n) is 14.2. The molecule has 0 aliphatic heterocycles. The largest absolute Gasteiger partial charge is 0.299 e. The second-order valence-electron chi connectivity index (χ2n) is 10.0. The maximum absolute atomic E-state index is 12.8. The lowest BCUT2D eigenvalue weighted by Crippen LogP contribution is -2.52. The Hall–Kier alpha value is -0.920. The highest BCUT2D eigenvalue weighted by molar-refractivity contribution is 5.93. The first-order valence-corrected chi connectivity index (χ1v) is 9.74. The molecule has 2 heteroatoms. The van der Waals surface area contributed by atoms with E-state index in [9.17, 15) is 9.59 Å². The van der Waals surface area contributed by atoms with Crippen molar-refractivity contribution in [1.29, 1.82) is 0 Å². The molecule has 6 aliphatic rings. The Balaban J connectivity index is 1.47. The highest BCUT2D eigenvalue weighted by Gasteiger charge is 2.74. The SMILES string of the molecule is C[C@]12CC[C@@H]3[C@H]([C@@H]4C[C@@H]4C4=CC(=O)CC[C@]43C)[C@@H]1[C@@H]1C[C@@H]1C2=O. The van der Waals surface area contributed by atoms with Gasteiger partial charge >= 0.3 is 0 Å². The van der Waals surface area contributed by atoms with Gasteiger partial charge in [0.15, 0.2) is 5.78 Å². The van der Waals surface area contributed by atoms with Crippen molar-refractivity contribution < 1.29 is 9.59 Å². The zero-order chi connectivity index (χ0) is 15.7. The summed E-state index contributed by atoms with van der Waals surface area (Å²) in [5.74, 6) is 5.78. The van der Waals surface area contributed by atoms with Crippen LogP contribution in [0.4, 0.5) is 0 Å². The van der Waals surface area contributed by atoms with Crippen LogP contribution in [-0.2, 0) is 9.59 Å². The number of allylic oxidation sites excluding steroid dienone is 1. The van der Waals surface area contributed by atoms with Crippen molar-refractivity contribution in [3.05, 3.63) is 11.6 Å². The van der Waals surface area contributed by atoms with Crippen LogP contribution in [-0.4, -0.2) is 11.6 Å². The molecule has 9 atom stereocenters. The molecule has 0 heterocycles. The lowest BCUT2D eigenvalue weighted by Gasteiger charge is -2.57. The third-order valence-corrected chi connectivity index (χ3v) is 9.21. The van der Waals surface area contributed by atoms with Crippen molar-refractivity contribution >= 4 is 11.6 Å². The highest BCUT2D eigenvalue weighted by atomic mass is 16.1. The van der Waals surface area contributed by atoms with E-state index in [2.05, 4.69) is 13.8 Å². The predicted molar refractivity (Wildman–Crippen MR) is 86.4 cm³/mol. The van der Waals surface area contributed by atoms with Crippen molar-refractivity contribution in [3.8, 4) is 0 Å². The van der Waals surface area contributed by atoms with Gasteiger partial charge in [-0.25, -0.2) is 0 Å². The number of carbonyl (C=O) groups excluding carboxylic acids is 2. The van der Waals surface area contributed by atoms with E-state index in [1.54, 1.807) is 0 Å². The molecular weight excluding hydrogens is 284 g/mol. The number of hydrogen-bond acceptors (Lipinski definition) is 2. The number of carbonyl (C=O) groups is 2. The zero-order valence-corrected chi connectivity index (χ0v) is 14.2. The monoisotopic (exact) mass is 310 g/mol. The molecule has 6 aliphatic carbocycles. The van der Waals surface area contributed by atoms with Gasteiger partial charge in [0.1, 0.15) is 5.78 Å². The van der Waals surface area contributed by atoms with Gasteiger partial charge in [-0.05, 0) is 79.1 Å². The van der Waals surface area contributed by atoms with Gasteiger partial charge in [0.25, 0.3) is 0 Å². The Morgan fingerprint density at radius 3 is 2.61 bits per heavy atom. The lowest BCUT2D eigenvalue weighted by molar-refractivity contribution is -0.137. The lowest BCUT2D eigenvalue weighted by atomic mass is 9.46. The average molecular weight is 310 g/mol. The maximum atomic E-state index is 12.8. The molecule has 0 unspecified atom stereocenters. The molecule has 0 radical (unpaired) electrons. The van der Waals surface area contributed by atoms with Crippen molar-refractivity contribution in [3.63, 3.8) is 0 Å². The third kappa shape index (κ3) is 1.36. The summed E-state index contributed by atoms with van der Waals surface area (Å²) >= 11 is 0. The second-order valence-corrected chi connectivity index (χ2v) is 10.0. The van der Waals surface area contributed by atoms with Gasteiger partial charge in [-0.1, -0.05) is 19.4 Å². The van der Waals surface area contributed by atoms with Gasteiger partial charge in [-0.3, -0.25) is 9.59 Å². The Morgan fingerprint density at radius 1 is 1.00 bits per heavy atom. The normalized spacial score (nSPS) is 61.7. The molecule has 2 nitrogen and oxygen atoms in total. The Kier molecular flexibility index (Phi) is 2.14. The van der Waals surface area contributed by atoms with E-state index in [1.807, 2.05) is 6.08 Å². The molecule has 0 aromatic heterocycles. The van der Waals surface area contributed by atoms with Crippen LogP contribution in [0.1, 0.15) is 52.4 Å². The Labute approximate surface area is 138 Å². The van der Waals surface area contributed by atoms with Gasteiger partial charge < -0.3 is 0 Å². The van der Waals surface area contributed by atoms with E-state index in [0.717, 1.165) is 42.9 Å². The molecule has 0 saturated heterocycles. The molecule has 5 fully saturated rings. The van der Waals surface area contributed by atoms with Gasteiger partial charge in [0, 0.05) is 17.8 Å². The van der Waals surface area contributed by atoms with Crippen LogP contribution >= 0.6 is 0 Å². The number of rotatable bonds is 0. The van der Waals surface area contributed by atoms with Crippen LogP contribution in [0.5, 0.6) is 0 Å². The molecule has 6 rings (SSSR count). The number of hydrogen-bond donors (Lipinski definition) is 0. The van der Waals surface area contributed by atoms with Crippen molar-refractivity contribution in [1.82, 2.24) is 0 Å². The Bertz CT molecular complexity index is 690. The number of ketones is 2. The second kappa shape index (κ2) is 3.68. The molecule has 0 aromatic rings. The minimum absolute atomic E-state index is 0.00392. The summed E-state index contributed by atoms with van der Waals surface area (Å²) in [6.45, 7) is 4.76. The summed E-state index contributed by atoms with van der Waals surface area (Å²) in [5.41, 5.74) is 1.78. The van der Waals surface area contributed by atoms with Crippen LogP contribution < -0.4 is 0 Å². The van der Waals surface area contributed by atoms with Crippen molar-refractivity contribution in [2.75, 3.05) is 0 Å². The van der Waals surface area contributed by atoms with Crippen LogP contribution in [0.2, 0.25) is 0 Å². The van der Waals surface area contributed by atoms with E-state index < -0.39 is 0 Å². The van der Waals surface area contributed by atoms with Crippen molar-refractivity contribution in [2.24, 2.45) is 52.3 Å². The van der Waals surface area contributed by atoms with E-state index in [0.29, 0.717) is 29.3 Å². The van der Waals surface area contributed by atoms with Crippen LogP contribution in [0.3, 0.4) is 0 Å². The number of fused-ring (bicyclic) bond motifs is 10. The molecular formula is C21H26O2. The minimum atomic E-state index is 0.00392. The van der Waals surface area contributed by atoms with E-state index in [1.165, 1.54) is 24.8 Å².